The van der Waals surface area contributed by atoms with Crippen LogP contribution in [0.3, 0.4) is 0 Å². The maximum Gasteiger partial charge on any atom is 0.416 e. The van der Waals surface area contributed by atoms with Crippen LogP contribution in [0.1, 0.15) is 11.3 Å². The number of hydrogen-bond acceptors (Lipinski definition) is 8. The number of benzene rings is 1. The number of ether oxygens (including phenoxy) is 1. The van der Waals surface area contributed by atoms with Gasteiger partial charge in [0.15, 0.2) is 5.82 Å². The average molecular weight is 449 g/mol. The number of hydrogen-bond donors (Lipinski definition) is 4. The SMILES string of the molecule is C#Cc1nc(N)nc(N[C@@H](CN2CCOCC2)C(=O)Nc2cccc(C(F)(F)F)c2)c1N. The zero-order chi connectivity index (χ0) is 23.3. The number of aromatic nitrogens is 2. The lowest BCUT2D eigenvalue weighted by atomic mass is 10.1. The normalized spacial score (nSPS) is 15.6. The van der Waals surface area contributed by atoms with Gasteiger partial charge in [0.1, 0.15) is 17.4 Å². The van der Waals surface area contributed by atoms with Crippen LogP contribution in [-0.4, -0.2) is 59.7 Å². The number of morpholine rings is 1. The summed E-state index contributed by atoms with van der Waals surface area (Å²) in [4.78, 5) is 22.9. The van der Waals surface area contributed by atoms with Gasteiger partial charge in [-0.1, -0.05) is 6.07 Å². The fourth-order valence-corrected chi connectivity index (χ4v) is 3.11. The second kappa shape index (κ2) is 9.71. The molecule has 12 heteroatoms. The molecule has 32 heavy (non-hydrogen) atoms. The average Bonchev–Trinajstić information content (AvgIpc) is 2.75. The Morgan fingerprint density at radius 3 is 2.66 bits per heavy atom. The molecule has 0 bridgehead atoms. The summed E-state index contributed by atoms with van der Waals surface area (Å²) in [5.74, 6) is 1.62. The van der Waals surface area contributed by atoms with Crippen molar-refractivity contribution < 1.29 is 22.7 Å². The van der Waals surface area contributed by atoms with Gasteiger partial charge in [-0.15, -0.1) is 6.42 Å². The quantitative estimate of drug-likeness (QED) is 0.487. The Morgan fingerprint density at radius 1 is 1.28 bits per heavy atom. The van der Waals surface area contributed by atoms with E-state index in [1.807, 2.05) is 4.90 Å². The van der Waals surface area contributed by atoms with Gasteiger partial charge in [0.25, 0.3) is 0 Å². The molecule has 2 heterocycles. The molecule has 170 valence electrons. The van der Waals surface area contributed by atoms with Crippen molar-refractivity contribution >= 4 is 29.0 Å². The largest absolute Gasteiger partial charge is 0.416 e. The fourth-order valence-electron chi connectivity index (χ4n) is 3.11. The second-order valence-electron chi connectivity index (χ2n) is 7.01. The first-order valence-electron chi connectivity index (χ1n) is 9.61. The molecule has 1 aliphatic heterocycles. The van der Waals surface area contributed by atoms with Crippen molar-refractivity contribution in [2.75, 3.05) is 54.9 Å². The standard InChI is InChI=1S/C20H22F3N7O2/c1-2-14-16(24)17(29-19(25)28-14)27-15(11-30-6-8-32-9-7-30)18(31)26-13-5-3-4-12(10-13)20(21,22)23/h1,3-5,10,15H,6-9,11,24H2,(H,26,31)(H3,25,27,28,29)/t15-/m0/s1. The molecule has 6 N–H and O–H groups in total. The molecule has 3 rings (SSSR count). The third kappa shape index (κ3) is 5.77. The summed E-state index contributed by atoms with van der Waals surface area (Å²) >= 11 is 0. The molecule has 1 amide bonds. The van der Waals surface area contributed by atoms with E-state index in [9.17, 15) is 18.0 Å². The molecule has 1 atom stereocenters. The van der Waals surface area contributed by atoms with Gasteiger partial charge < -0.3 is 26.8 Å². The number of rotatable bonds is 6. The zero-order valence-corrected chi connectivity index (χ0v) is 16.9. The van der Waals surface area contributed by atoms with E-state index in [2.05, 4.69) is 26.5 Å². The third-order valence-electron chi connectivity index (χ3n) is 4.73. The molecule has 9 nitrogen and oxygen atoms in total. The number of alkyl halides is 3. The lowest BCUT2D eigenvalue weighted by Gasteiger charge is -2.30. The van der Waals surface area contributed by atoms with Gasteiger partial charge in [0.2, 0.25) is 11.9 Å². The van der Waals surface area contributed by atoms with Gasteiger partial charge in [-0.2, -0.15) is 18.2 Å². The zero-order valence-electron chi connectivity index (χ0n) is 16.9. The summed E-state index contributed by atoms with van der Waals surface area (Å²) in [6.45, 7) is 2.35. The monoisotopic (exact) mass is 449 g/mol. The Hall–Kier alpha value is -3.56. The highest BCUT2D eigenvalue weighted by Gasteiger charge is 2.31. The van der Waals surface area contributed by atoms with Crippen LogP contribution in [0.15, 0.2) is 24.3 Å². The number of halogens is 3. The molecule has 1 saturated heterocycles. The number of nitrogens with zero attached hydrogens (tertiary/aromatic N) is 3. The third-order valence-corrected chi connectivity index (χ3v) is 4.73. The minimum Gasteiger partial charge on any atom is -0.393 e. The van der Waals surface area contributed by atoms with E-state index in [0.29, 0.717) is 26.3 Å². The number of carbonyl (C=O) groups excluding carboxylic acids is 1. The molecule has 1 aromatic heterocycles. The van der Waals surface area contributed by atoms with Crippen LogP contribution in [0.4, 0.5) is 36.3 Å². The van der Waals surface area contributed by atoms with Crippen LogP contribution >= 0.6 is 0 Å². The Balaban J connectivity index is 1.85. The summed E-state index contributed by atoms with van der Waals surface area (Å²) in [5.41, 5.74) is 10.9. The van der Waals surface area contributed by atoms with E-state index >= 15 is 0 Å². The number of nitrogens with one attached hydrogen (secondary N) is 2. The first kappa shape index (κ1) is 23.1. The molecule has 0 saturated carbocycles. The lowest BCUT2D eigenvalue weighted by Crippen LogP contribution is -2.48. The number of nitrogen functional groups attached to an aromatic ring is 2. The molecular formula is C20H22F3N7O2. The highest BCUT2D eigenvalue weighted by Crippen LogP contribution is 2.30. The van der Waals surface area contributed by atoms with Gasteiger partial charge in [-0.3, -0.25) is 9.69 Å². The van der Waals surface area contributed by atoms with E-state index in [4.69, 9.17) is 22.6 Å². The van der Waals surface area contributed by atoms with E-state index in [1.165, 1.54) is 12.1 Å². The summed E-state index contributed by atoms with van der Waals surface area (Å²) in [5, 5.41) is 5.42. The first-order chi connectivity index (χ1) is 15.2. The number of nitrogens with two attached hydrogens (primary N) is 2. The maximum absolute atomic E-state index is 13.0. The smallest absolute Gasteiger partial charge is 0.393 e. The van der Waals surface area contributed by atoms with Crippen LogP contribution in [0.2, 0.25) is 0 Å². The molecular weight excluding hydrogens is 427 g/mol. The van der Waals surface area contributed by atoms with Crippen molar-refractivity contribution in [2.24, 2.45) is 0 Å². The van der Waals surface area contributed by atoms with Crippen molar-refractivity contribution in [1.82, 2.24) is 14.9 Å². The maximum atomic E-state index is 13.0. The fraction of sp³-hybridized carbons (Fsp3) is 0.350. The van der Waals surface area contributed by atoms with Crippen LogP contribution in [0, 0.1) is 12.3 Å². The van der Waals surface area contributed by atoms with Crippen molar-refractivity contribution in [3.8, 4) is 12.3 Å². The first-order valence-corrected chi connectivity index (χ1v) is 9.61. The summed E-state index contributed by atoms with van der Waals surface area (Å²) < 4.78 is 44.4. The molecule has 0 spiro atoms. The number of terminal acetylenes is 1. The van der Waals surface area contributed by atoms with E-state index in [1.54, 1.807) is 0 Å². The Labute approximate surface area is 182 Å². The summed E-state index contributed by atoms with van der Waals surface area (Å²) in [6, 6.07) is 3.42. The Kier molecular flexibility index (Phi) is 7.01. The summed E-state index contributed by atoms with van der Waals surface area (Å²) in [6.07, 6.45) is 0.846. The molecule has 0 unspecified atom stereocenters. The molecule has 0 radical (unpaired) electrons. The van der Waals surface area contributed by atoms with E-state index < -0.39 is 23.7 Å². The second-order valence-corrected chi connectivity index (χ2v) is 7.01. The van der Waals surface area contributed by atoms with Gasteiger partial charge in [-0.25, -0.2) is 4.98 Å². The van der Waals surface area contributed by atoms with E-state index in [-0.39, 0.29) is 35.4 Å². The molecule has 2 aromatic rings. The number of anilines is 4. The van der Waals surface area contributed by atoms with Crippen LogP contribution < -0.4 is 22.1 Å². The Morgan fingerprint density at radius 2 is 2.00 bits per heavy atom. The minimum atomic E-state index is -4.54. The van der Waals surface area contributed by atoms with Crippen LogP contribution in [-0.2, 0) is 15.7 Å². The van der Waals surface area contributed by atoms with Gasteiger partial charge in [0, 0.05) is 25.3 Å². The predicted octanol–water partition coefficient (Wildman–Crippen LogP) is 1.39. The topological polar surface area (TPSA) is 131 Å². The van der Waals surface area contributed by atoms with Crippen molar-refractivity contribution in [3.05, 3.63) is 35.5 Å². The molecule has 1 aliphatic rings. The molecule has 0 aliphatic carbocycles. The molecule has 1 aromatic carbocycles. The highest BCUT2D eigenvalue weighted by molar-refractivity contribution is 5.97. The van der Waals surface area contributed by atoms with E-state index in [0.717, 1.165) is 12.1 Å². The van der Waals surface area contributed by atoms with Crippen LogP contribution in [0.25, 0.3) is 0 Å². The van der Waals surface area contributed by atoms with Crippen molar-refractivity contribution in [3.63, 3.8) is 0 Å². The lowest BCUT2D eigenvalue weighted by molar-refractivity contribution is -0.137. The van der Waals surface area contributed by atoms with Gasteiger partial charge in [0.05, 0.1) is 18.8 Å². The van der Waals surface area contributed by atoms with Crippen molar-refractivity contribution in [1.29, 1.82) is 0 Å². The van der Waals surface area contributed by atoms with Gasteiger partial charge in [-0.05, 0) is 24.1 Å². The highest BCUT2D eigenvalue weighted by atomic mass is 19.4. The number of carbonyl (C=O) groups is 1. The summed E-state index contributed by atoms with van der Waals surface area (Å²) in [7, 11) is 0. The minimum absolute atomic E-state index is 0.00177. The van der Waals surface area contributed by atoms with Crippen LogP contribution in [0.5, 0.6) is 0 Å². The predicted molar refractivity (Wildman–Crippen MR) is 114 cm³/mol. The van der Waals surface area contributed by atoms with Crippen molar-refractivity contribution in [2.45, 2.75) is 12.2 Å². The number of amides is 1. The molecule has 1 fully saturated rings. The van der Waals surface area contributed by atoms with Gasteiger partial charge >= 0.3 is 6.18 Å². The Bertz CT molecular complexity index is 1020.